The lowest BCUT2D eigenvalue weighted by molar-refractivity contribution is 0.0527. The summed E-state index contributed by atoms with van der Waals surface area (Å²) in [5, 5.41) is 6.08. The van der Waals surface area contributed by atoms with Crippen molar-refractivity contribution in [3.8, 4) is 0 Å². The number of anilines is 2. The molecule has 0 saturated heterocycles. The van der Waals surface area contributed by atoms with Gasteiger partial charge in [-0.25, -0.2) is 14.8 Å². The highest BCUT2D eigenvalue weighted by Crippen LogP contribution is 2.17. The van der Waals surface area contributed by atoms with Crippen LogP contribution >= 0.6 is 11.3 Å². The number of hydrogen-bond acceptors (Lipinski definition) is 7. The lowest BCUT2D eigenvalue weighted by atomic mass is 10.2. The van der Waals surface area contributed by atoms with E-state index in [1.54, 1.807) is 30.5 Å². The first-order valence-electron chi connectivity index (χ1n) is 6.25. The number of nitrogen functional groups attached to an aromatic ring is 1. The van der Waals surface area contributed by atoms with E-state index in [1.807, 2.05) is 5.38 Å². The minimum Gasteiger partial charge on any atom is -0.462 e. The molecule has 7 heteroatoms. The summed E-state index contributed by atoms with van der Waals surface area (Å²) < 4.78 is 4.99. The van der Waals surface area contributed by atoms with Gasteiger partial charge in [0.25, 0.3) is 0 Å². The summed E-state index contributed by atoms with van der Waals surface area (Å²) >= 11 is 1.60. The van der Waals surface area contributed by atoms with Crippen LogP contribution in [0, 0.1) is 0 Å². The summed E-state index contributed by atoms with van der Waals surface area (Å²) in [6.45, 7) is 2.70. The van der Waals surface area contributed by atoms with E-state index in [2.05, 4.69) is 15.3 Å². The fourth-order valence-corrected chi connectivity index (χ4v) is 2.27. The van der Waals surface area contributed by atoms with Gasteiger partial charge >= 0.3 is 5.97 Å². The average Bonchev–Trinajstić information content (AvgIpc) is 2.94. The second kappa shape index (κ2) is 6.85. The van der Waals surface area contributed by atoms with Crippen LogP contribution in [-0.2, 0) is 11.2 Å². The molecule has 6 nitrogen and oxygen atoms in total. The molecule has 0 aliphatic carbocycles. The van der Waals surface area contributed by atoms with Crippen molar-refractivity contribution in [2.75, 3.05) is 24.2 Å². The molecule has 3 N–H and O–H groups in total. The van der Waals surface area contributed by atoms with Gasteiger partial charge in [-0.1, -0.05) is 0 Å². The van der Waals surface area contributed by atoms with Gasteiger partial charge in [-0.05, 0) is 13.0 Å². The van der Waals surface area contributed by atoms with Crippen molar-refractivity contribution in [1.82, 2.24) is 9.97 Å². The fourth-order valence-electron chi connectivity index (χ4n) is 1.65. The molecule has 0 aliphatic rings. The minimum absolute atomic E-state index is 0.312. The van der Waals surface area contributed by atoms with Gasteiger partial charge in [0.1, 0.15) is 11.4 Å². The highest BCUT2D eigenvalue weighted by Gasteiger charge is 2.14. The largest absolute Gasteiger partial charge is 0.462 e. The summed E-state index contributed by atoms with van der Waals surface area (Å²) in [4.78, 5) is 20.2. The van der Waals surface area contributed by atoms with Crippen LogP contribution in [0.25, 0.3) is 0 Å². The first kappa shape index (κ1) is 14.3. The van der Waals surface area contributed by atoms with E-state index in [1.165, 1.54) is 6.20 Å². The number of nitrogens with zero attached hydrogens (tertiary/aromatic N) is 2. The van der Waals surface area contributed by atoms with E-state index in [9.17, 15) is 4.79 Å². The molecule has 2 heterocycles. The zero-order valence-electron chi connectivity index (χ0n) is 11.1. The molecule has 0 fully saturated rings. The summed E-state index contributed by atoms with van der Waals surface area (Å²) in [5.74, 6) is 0.0539. The first-order valence-corrected chi connectivity index (χ1v) is 7.13. The molecule has 20 heavy (non-hydrogen) atoms. The predicted octanol–water partition coefficient (Wildman–Crippen LogP) is 1.95. The van der Waals surface area contributed by atoms with Crippen LogP contribution in [0.3, 0.4) is 0 Å². The topological polar surface area (TPSA) is 90.1 Å². The molecule has 0 spiro atoms. The molecule has 0 radical (unpaired) electrons. The standard InChI is InChI=1S/C13H16N4O2S/c1-2-19-13(18)10-7-9(14)8-17-12(10)16-4-3-11-15-5-6-20-11/h5-8H,2-4,14H2,1H3,(H,16,17). The Labute approximate surface area is 121 Å². The van der Waals surface area contributed by atoms with Crippen molar-refractivity contribution in [2.45, 2.75) is 13.3 Å². The molecule has 0 aromatic carbocycles. The van der Waals surface area contributed by atoms with Gasteiger partial charge in [0, 0.05) is 24.5 Å². The number of thiazole rings is 1. The number of carbonyl (C=O) groups excluding carboxylic acids is 1. The van der Waals surface area contributed by atoms with E-state index >= 15 is 0 Å². The van der Waals surface area contributed by atoms with Crippen molar-refractivity contribution < 1.29 is 9.53 Å². The minimum atomic E-state index is -0.427. The zero-order chi connectivity index (χ0) is 14.4. The van der Waals surface area contributed by atoms with Crippen molar-refractivity contribution in [3.05, 3.63) is 34.4 Å². The van der Waals surface area contributed by atoms with Crippen LogP contribution in [0.4, 0.5) is 11.5 Å². The molecule has 0 saturated carbocycles. The van der Waals surface area contributed by atoms with Gasteiger partial charge in [0.15, 0.2) is 0 Å². The number of carbonyl (C=O) groups is 1. The Bertz CT molecular complexity index is 572. The molecule has 0 amide bonds. The molecule has 106 valence electrons. The predicted molar refractivity (Wildman–Crippen MR) is 78.9 cm³/mol. The number of esters is 1. The monoisotopic (exact) mass is 292 g/mol. The molecule has 0 unspecified atom stereocenters. The van der Waals surface area contributed by atoms with Crippen LogP contribution in [0.1, 0.15) is 22.3 Å². The number of pyridine rings is 1. The quantitative estimate of drug-likeness (QED) is 0.791. The summed E-state index contributed by atoms with van der Waals surface area (Å²) in [6.07, 6.45) is 4.05. The molecule has 2 aromatic rings. The Hall–Kier alpha value is -2.15. The van der Waals surface area contributed by atoms with Crippen LogP contribution in [0.5, 0.6) is 0 Å². The maximum absolute atomic E-state index is 11.8. The summed E-state index contributed by atoms with van der Waals surface area (Å²) in [6, 6.07) is 1.57. The van der Waals surface area contributed by atoms with Crippen molar-refractivity contribution in [2.24, 2.45) is 0 Å². The third-order valence-corrected chi connectivity index (χ3v) is 3.36. The molecule has 0 bridgehead atoms. The maximum atomic E-state index is 11.8. The van der Waals surface area contributed by atoms with Crippen LogP contribution in [-0.4, -0.2) is 29.1 Å². The Kier molecular flexibility index (Phi) is 4.89. The first-order chi connectivity index (χ1) is 9.70. The maximum Gasteiger partial charge on any atom is 0.341 e. The second-order valence-electron chi connectivity index (χ2n) is 3.99. The number of ether oxygens (including phenoxy) is 1. The Morgan fingerprint density at radius 2 is 2.35 bits per heavy atom. The number of rotatable bonds is 6. The van der Waals surface area contributed by atoms with Gasteiger partial charge in [0.2, 0.25) is 0 Å². The average molecular weight is 292 g/mol. The second-order valence-corrected chi connectivity index (χ2v) is 4.97. The van der Waals surface area contributed by atoms with E-state index in [-0.39, 0.29) is 0 Å². The normalized spacial score (nSPS) is 10.2. The summed E-state index contributed by atoms with van der Waals surface area (Å²) in [7, 11) is 0. The number of hydrogen-bond donors (Lipinski definition) is 2. The molecule has 0 aliphatic heterocycles. The Balaban J connectivity index is 2.04. The van der Waals surface area contributed by atoms with Crippen LogP contribution in [0.15, 0.2) is 23.8 Å². The van der Waals surface area contributed by atoms with E-state index in [0.29, 0.717) is 30.2 Å². The van der Waals surface area contributed by atoms with Crippen molar-refractivity contribution in [1.29, 1.82) is 0 Å². The van der Waals surface area contributed by atoms with Crippen LogP contribution < -0.4 is 11.1 Å². The third kappa shape index (κ3) is 3.67. The van der Waals surface area contributed by atoms with Crippen LogP contribution in [0.2, 0.25) is 0 Å². The van der Waals surface area contributed by atoms with Gasteiger partial charge in [-0.15, -0.1) is 11.3 Å². The smallest absolute Gasteiger partial charge is 0.341 e. The Morgan fingerprint density at radius 3 is 3.05 bits per heavy atom. The van der Waals surface area contributed by atoms with Crippen molar-refractivity contribution in [3.63, 3.8) is 0 Å². The number of nitrogens with one attached hydrogen (secondary N) is 1. The highest BCUT2D eigenvalue weighted by atomic mass is 32.1. The van der Waals surface area contributed by atoms with Gasteiger partial charge in [0.05, 0.1) is 23.5 Å². The number of aromatic nitrogens is 2. The van der Waals surface area contributed by atoms with Gasteiger partial charge in [-0.3, -0.25) is 0 Å². The number of nitrogens with two attached hydrogens (primary N) is 1. The molecule has 0 atom stereocenters. The highest BCUT2D eigenvalue weighted by molar-refractivity contribution is 7.09. The molecule has 2 rings (SSSR count). The van der Waals surface area contributed by atoms with E-state index in [0.717, 1.165) is 11.4 Å². The van der Waals surface area contributed by atoms with Gasteiger partial charge < -0.3 is 15.8 Å². The van der Waals surface area contributed by atoms with Gasteiger partial charge in [-0.2, -0.15) is 0 Å². The third-order valence-electron chi connectivity index (χ3n) is 2.52. The summed E-state index contributed by atoms with van der Waals surface area (Å²) in [5.41, 5.74) is 6.44. The SMILES string of the molecule is CCOC(=O)c1cc(N)cnc1NCCc1nccs1. The molecular weight excluding hydrogens is 276 g/mol. The van der Waals surface area contributed by atoms with Crippen molar-refractivity contribution >= 4 is 28.8 Å². The van der Waals surface area contributed by atoms with E-state index in [4.69, 9.17) is 10.5 Å². The molecular formula is C13H16N4O2S. The Morgan fingerprint density at radius 1 is 1.50 bits per heavy atom. The lowest BCUT2D eigenvalue weighted by Crippen LogP contribution is -2.13. The zero-order valence-corrected chi connectivity index (χ0v) is 11.9. The fraction of sp³-hybridized carbons (Fsp3) is 0.308. The molecule has 2 aromatic heterocycles. The van der Waals surface area contributed by atoms with E-state index < -0.39 is 5.97 Å². The lowest BCUT2D eigenvalue weighted by Gasteiger charge is -2.10.